The van der Waals surface area contributed by atoms with E-state index >= 15 is 0 Å². The highest BCUT2D eigenvalue weighted by atomic mass is 32.1. The van der Waals surface area contributed by atoms with Gasteiger partial charge >= 0.3 is 0 Å². The van der Waals surface area contributed by atoms with Crippen LogP contribution in [0.2, 0.25) is 0 Å². The molecule has 0 saturated heterocycles. The van der Waals surface area contributed by atoms with E-state index in [0.29, 0.717) is 0 Å². The van der Waals surface area contributed by atoms with Gasteiger partial charge in [-0.15, -0.1) is 0 Å². The Bertz CT molecular complexity index is 399. The van der Waals surface area contributed by atoms with Crippen LogP contribution in [0.1, 0.15) is 6.92 Å². The molecule has 2 rings (SSSR count). The zero-order valence-electron chi connectivity index (χ0n) is 7.64. The minimum atomic E-state index is 0.798. The summed E-state index contributed by atoms with van der Waals surface area (Å²) in [5.41, 5.74) is 1.70. The van der Waals surface area contributed by atoms with E-state index in [1.807, 2.05) is 6.92 Å². The molecule has 14 heavy (non-hydrogen) atoms. The van der Waals surface area contributed by atoms with Gasteiger partial charge in [-0.1, -0.05) is 0 Å². The van der Waals surface area contributed by atoms with Crippen molar-refractivity contribution in [3.63, 3.8) is 0 Å². The highest BCUT2D eigenvalue weighted by Crippen LogP contribution is 2.23. The first kappa shape index (κ1) is 9.01. The predicted octanol–water partition coefficient (Wildman–Crippen LogP) is 1.43. The normalized spacial score (nSPS) is 10.1. The van der Waals surface area contributed by atoms with E-state index in [9.17, 15) is 0 Å². The van der Waals surface area contributed by atoms with Crippen LogP contribution in [-0.2, 0) is 0 Å². The van der Waals surface area contributed by atoms with E-state index in [4.69, 9.17) is 0 Å². The molecule has 2 aromatic rings. The fraction of sp³-hybridized carbons (Fsp3) is 0.250. The number of hydrogen-bond donors (Lipinski definition) is 1. The molecule has 2 aromatic heterocycles. The van der Waals surface area contributed by atoms with Crippen LogP contribution in [0, 0.1) is 0 Å². The first-order chi connectivity index (χ1) is 6.92. The first-order valence-electron chi connectivity index (χ1n) is 4.23. The van der Waals surface area contributed by atoms with E-state index in [0.717, 1.165) is 23.6 Å². The van der Waals surface area contributed by atoms with Gasteiger partial charge in [0.25, 0.3) is 0 Å². The molecule has 0 amide bonds. The van der Waals surface area contributed by atoms with Crippen molar-refractivity contribution < 1.29 is 0 Å². The molecule has 2 heterocycles. The Morgan fingerprint density at radius 2 is 2.07 bits per heavy atom. The van der Waals surface area contributed by atoms with Crippen LogP contribution >= 0.6 is 11.7 Å². The van der Waals surface area contributed by atoms with Gasteiger partial charge in [-0.25, -0.2) is 9.97 Å². The van der Waals surface area contributed by atoms with Crippen LogP contribution in [0.5, 0.6) is 0 Å². The minimum absolute atomic E-state index is 0.798. The Morgan fingerprint density at radius 3 is 2.79 bits per heavy atom. The number of hydrogen-bond acceptors (Lipinski definition) is 6. The second-order valence-corrected chi connectivity index (χ2v) is 3.15. The lowest BCUT2D eigenvalue weighted by molar-refractivity contribution is 1.16. The molecular formula is C8H9N5S. The number of nitrogens with one attached hydrogen (secondary N) is 1. The summed E-state index contributed by atoms with van der Waals surface area (Å²) in [6.45, 7) is 2.84. The summed E-state index contributed by atoms with van der Waals surface area (Å²) in [7, 11) is 0. The SMILES string of the molecule is CCNc1nsnc1-c1cncnc1. The van der Waals surface area contributed by atoms with E-state index < -0.39 is 0 Å². The van der Waals surface area contributed by atoms with Gasteiger partial charge in [-0.05, 0) is 6.92 Å². The predicted molar refractivity (Wildman–Crippen MR) is 55.1 cm³/mol. The maximum absolute atomic E-state index is 4.19. The van der Waals surface area contributed by atoms with Crippen LogP contribution < -0.4 is 5.32 Å². The highest BCUT2D eigenvalue weighted by Gasteiger charge is 2.09. The molecule has 5 nitrogen and oxygen atoms in total. The molecule has 0 atom stereocenters. The third-order valence-electron chi connectivity index (χ3n) is 1.67. The van der Waals surface area contributed by atoms with Crippen molar-refractivity contribution in [2.45, 2.75) is 6.92 Å². The van der Waals surface area contributed by atoms with Crippen LogP contribution in [0.4, 0.5) is 5.82 Å². The molecule has 0 bridgehead atoms. The Hall–Kier alpha value is -1.56. The molecule has 1 N–H and O–H groups in total. The summed E-state index contributed by atoms with van der Waals surface area (Å²) in [6.07, 6.45) is 4.95. The van der Waals surface area contributed by atoms with Gasteiger partial charge in [0.15, 0.2) is 5.82 Å². The van der Waals surface area contributed by atoms with Crippen LogP contribution in [0.3, 0.4) is 0 Å². The highest BCUT2D eigenvalue weighted by molar-refractivity contribution is 6.99. The van der Waals surface area contributed by atoms with Crippen molar-refractivity contribution in [2.24, 2.45) is 0 Å². The molecule has 0 aromatic carbocycles. The van der Waals surface area contributed by atoms with Gasteiger partial charge in [0.05, 0.1) is 11.7 Å². The maximum Gasteiger partial charge on any atom is 0.168 e. The zero-order chi connectivity index (χ0) is 9.80. The molecule has 0 saturated carbocycles. The number of anilines is 1. The summed E-state index contributed by atoms with van der Waals surface area (Å²) in [4.78, 5) is 7.88. The molecule has 72 valence electrons. The maximum atomic E-state index is 4.19. The van der Waals surface area contributed by atoms with Crippen molar-refractivity contribution >= 4 is 17.5 Å². The second-order valence-electron chi connectivity index (χ2n) is 2.62. The molecule has 0 spiro atoms. The van der Waals surface area contributed by atoms with Gasteiger partial charge in [0, 0.05) is 24.5 Å². The van der Waals surface area contributed by atoms with Gasteiger partial charge in [0.2, 0.25) is 0 Å². The van der Waals surface area contributed by atoms with E-state index in [1.165, 1.54) is 18.1 Å². The molecule has 0 fully saturated rings. The van der Waals surface area contributed by atoms with Crippen LogP contribution in [-0.4, -0.2) is 25.3 Å². The van der Waals surface area contributed by atoms with Crippen molar-refractivity contribution in [1.29, 1.82) is 0 Å². The van der Waals surface area contributed by atoms with Crippen molar-refractivity contribution in [2.75, 3.05) is 11.9 Å². The smallest absolute Gasteiger partial charge is 0.168 e. The monoisotopic (exact) mass is 207 g/mol. The summed E-state index contributed by atoms with van der Waals surface area (Å²) >= 11 is 1.18. The minimum Gasteiger partial charge on any atom is -0.368 e. The summed E-state index contributed by atoms with van der Waals surface area (Å²) in [5.74, 6) is 0.798. The Morgan fingerprint density at radius 1 is 1.29 bits per heavy atom. The Balaban J connectivity index is 2.37. The average molecular weight is 207 g/mol. The third kappa shape index (κ3) is 1.69. The van der Waals surface area contributed by atoms with Gasteiger partial charge in [-0.2, -0.15) is 8.75 Å². The van der Waals surface area contributed by atoms with Crippen LogP contribution in [0.15, 0.2) is 18.7 Å². The molecule has 0 aliphatic heterocycles. The molecule has 0 aliphatic rings. The average Bonchev–Trinajstić information content (AvgIpc) is 2.68. The van der Waals surface area contributed by atoms with Crippen LogP contribution in [0.25, 0.3) is 11.3 Å². The summed E-state index contributed by atoms with van der Waals surface area (Å²) in [5, 5.41) is 3.14. The topological polar surface area (TPSA) is 63.6 Å². The number of rotatable bonds is 3. The van der Waals surface area contributed by atoms with Gasteiger partial charge in [-0.3, -0.25) is 0 Å². The Kier molecular flexibility index (Phi) is 2.64. The first-order valence-corrected chi connectivity index (χ1v) is 4.96. The van der Waals surface area contributed by atoms with Gasteiger partial charge in [0.1, 0.15) is 12.0 Å². The molecular weight excluding hydrogens is 198 g/mol. The fourth-order valence-corrected chi connectivity index (χ4v) is 1.63. The standard InChI is InChI=1S/C8H9N5S/c1-2-11-8-7(12-14-13-8)6-3-9-5-10-4-6/h3-5H,2H2,1H3,(H,11,13). The lowest BCUT2D eigenvalue weighted by atomic mass is 10.2. The molecule has 6 heteroatoms. The van der Waals surface area contributed by atoms with E-state index in [1.54, 1.807) is 12.4 Å². The lowest BCUT2D eigenvalue weighted by Gasteiger charge is -2.00. The van der Waals surface area contributed by atoms with E-state index in [2.05, 4.69) is 24.0 Å². The molecule has 0 unspecified atom stereocenters. The van der Waals surface area contributed by atoms with Crippen molar-refractivity contribution in [3.05, 3.63) is 18.7 Å². The molecule has 0 radical (unpaired) electrons. The quantitative estimate of drug-likeness (QED) is 0.824. The van der Waals surface area contributed by atoms with Crippen molar-refractivity contribution in [3.8, 4) is 11.3 Å². The zero-order valence-corrected chi connectivity index (χ0v) is 8.45. The third-order valence-corrected chi connectivity index (χ3v) is 2.20. The molecule has 0 aliphatic carbocycles. The Labute approximate surface area is 85.6 Å². The second kappa shape index (κ2) is 4.10. The lowest BCUT2D eigenvalue weighted by Crippen LogP contribution is -1.98. The summed E-state index contributed by atoms with van der Waals surface area (Å²) in [6, 6.07) is 0. The van der Waals surface area contributed by atoms with Gasteiger partial charge < -0.3 is 5.32 Å². The fourth-order valence-electron chi connectivity index (χ4n) is 1.08. The number of nitrogens with zero attached hydrogens (tertiary/aromatic N) is 4. The largest absolute Gasteiger partial charge is 0.368 e. The van der Waals surface area contributed by atoms with Crippen molar-refractivity contribution in [1.82, 2.24) is 18.7 Å². The van der Waals surface area contributed by atoms with E-state index in [-0.39, 0.29) is 0 Å². The number of aromatic nitrogens is 4. The summed E-state index contributed by atoms with van der Waals surface area (Å²) < 4.78 is 8.34.